The zero-order valence-corrected chi connectivity index (χ0v) is 11.3. The third kappa shape index (κ3) is 1.83. The van der Waals surface area contributed by atoms with E-state index < -0.39 is 0 Å². The van der Waals surface area contributed by atoms with E-state index in [1.54, 1.807) is 0 Å². The molecule has 1 aliphatic rings. The molecule has 100 valence electrons. The number of para-hydroxylation sites is 1. The summed E-state index contributed by atoms with van der Waals surface area (Å²) < 4.78 is 0. The lowest BCUT2D eigenvalue weighted by Gasteiger charge is -2.36. The van der Waals surface area contributed by atoms with Crippen molar-refractivity contribution in [3.05, 3.63) is 35.5 Å². The number of H-pyrrole nitrogens is 1. The molecule has 0 fully saturated rings. The third-order valence-corrected chi connectivity index (χ3v) is 4.00. The number of hydrogen-bond donors (Lipinski definition) is 2. The lowest BCUT2D eigenvalue weighted by Crippen LogP contribution is -2.45. The number of rotatable bonds is 2. The summed E-state index contributed by atoms with van der Waals surface area (Å²) in [5.74, 6) is -0.277. The highest BCUT2D eigenvalue weighted by Gasteiger charge is 2.35. The molecule has 3 rings (SSSR count). The summed E-state index contributed by atoms with van der Waals surface area (Å²) >= 11 is 0. The minimum atomic E-state index is -0.337. The van der Waals surface area contributed by atoms with Gasteiger partial charge in [-0.2, -0.15) is 0 Å². The molecule has 0 aliphatic carbocycles. The fourth-order valence-corrected chi connectivity index (χ4v) is 3.12. The highest BCUT2D eigenvalue weighted by atomic mass is 16.1. The molecular formula is C15H19N3O. The smallest absolute Gasteiger partial charge is 0.240 e. The van der Waals surface area contributed by atoms with Crippen molar-refractivity contribution in [1.29, 1.82) is 0 Å². The standard InChI is InChI=1S/C15H19N3O/c1-9(2)18-8-7-11-10-5-3-4-6-12(10)17-13(11)14(18)15(16)19/h3-6,9,14,17H,7-8H2,1-2H3,(H2,16,19). The first-order valence-electron chi connectivity index (χ1n) is 6.74. The molecule has 1 amide bonds. The van der Waals surface area contributed by atoms with Gasteiger partial charge in [0.15, 0.2) is 0 Å². The summed E-state index contributed by atoms with van der Waals surface area (Å²) in [5.41, 5.74) is 8.95. The monoisotopic (exact) mass is 257 g/mol. The van der Waals surface area contributed by atoms with Gasteiger partial charge in [-0.05, 0) is 31.9 Å². The number of nitrogens with two attached hydrogens (primary N) is 1. The molecule has 1 aromatic heterocycles. The normalized spacial score (nSPS) is 19.8. The molecule has 0 saturated heterocycles. The Morgan fingerprint density at radius 1 is 1.42 bits per heavy atom. The van der Waals surface area contributed by atoms with Crippen molar-refractivity contribution < 1.29 is 4.79 Å². The number of fused-ring (bicyclic) bond motifs is 3. The molecule has 0 saturated carbocycles. The highest BCUT2D eigenvalue weighted by Crippen LogP contribution is 2.35. The molecule has 1 aromatic carbocycles. The Morgan fingerprint density at radius 3 is 2.84 bits per heavy atom. The van der Waals surface area contributed by atoms with Crippen molar-refractivity contribution in [2.45, 2.75) is 32.4 Å². The highest BCUT2D eigenvalue weighted by molar-refractivity contribution is 5.89. The first-order chi connectivity index (χ1) is 9.09. The van der Waals surface area contributed by atoms with Crippen molar-refractivity contribution in [1.82, 2.24) is 9.88 Å². The Hall–Kier alpha value is -1.81. The van der Waals surface area contributed by atoms with Crippen molar-refractivity contribution in [2.24, 2.45) is 5.73 Å². The minimum Gasteiger partial charge on any atom is -0.368 e. The SMILES string of the molecule is CC(C)N1CCc2c([nH]c3ccccc23)C1C(N)=O. The van der Waals surface area contributed by atoms with E-state index in [0.717, 1.165) is 24.2 Å². The van der Waals surface area contributed by atoms with Crippen LogP contribution in [0.25, 0.3) is 10.9 Å². The molecule has 1 unspecified atom stereocenters. The van der Waals surface area contributed by atoms with Crippen LogP contribution in [0.4, 0.5) is 0 Å². The van der Waals surface area contributed by atoms with Gasteiger partial charge in [0.2, 0.25) is 5.91 Å². The van der Waals surface area contributed by atoms with Gasteiger partial charge in [0.25, 0.3) is 0 Å². The van der Waals surface area contributed by atoms with Crippen molar-refractivity contribution in [3.8, 4) is 0 Å². The quantitative estimate of drug-likeness (QED) is 0.864. The number of primary amides is 1. The molecule has 2 heterocycles. The largest absolute Gasteiger partial charge is 0.368 e. The summed E-state index contributed by atoms with van der Waals surface area (Å²) in [6, 6.07) is 8.15. The molecule has 4 heteroatoms. The summed E-state index contributed by atoms with van der Waals surface area (Å²) in [4.78, 5) is 17.4. The van der Waals surface area contributed by atoms with E-state index in [0.29, 0.717) is 6.04 Å². The van der Waals surface area contributed by atoms with Gasteiger partial charge in [0, 0.05) is 29.2 Å². The number of nitrogens with zero attached hydrogens (tertiary/aromatic N) is 1. The number of nitrogens with one attached hydrogen (secondary N) is 1. The Balaban J connectivity index is 2.18. The number of carbonyl (C=O) groups is 1. The lowest BCUT2D eigenvalue weighted by molar-refractivity contribution is -0.124. The van der Waals surface area contributed by atoms with Crippen LogP contribution in [0, 0.1) is 0 Å². The van der Waals surface area contributed by atoms with Crippen LogP contribution >= 0.6 is 0 Å². The number of carbonyl (C=O) groups excluding carboxylic acids is 1. The molecule has 4 nitrogen and oxygen atoms in total. The molecule has 0 radical (unpaired) electrons. The zero-order chi connectivity index (χ0) is 13.6. The van der Waals surface area contributed by atoms with E-state index >= 15 is 0 Å². The van der Waals surface area contributed by atoms with E-state index in [1.807, 2.05) is 18.2 Å². The Kier molecular flexibility index (Phi) is 2.82. The summed E-state index contributed by atoms with van der Waals surface area (Å²) in [6.45, 7) is 5.08. The van der Waals surface area contributed by atoms with Gasteiger partial charge < -0.3 is 10.7 Å². The van der Waals surface area contributed by atoms with Crippen LogP contribution in [0.1, 0.15) is 31.1 Å². The molecule has 1 aliphatic heterocycles. The molecule has 1 atom stereocenters. The maximum atomic E-state index is 11.9. The first kappa shape index (κ1) is 12.2. The van der Waals surface area contributed by atoms with E-state index in [2.05, 4.69) is 29.8 Å². The first-order valence-corrected chi connectivity index (χ1v) is 6.74. The number of hydrogen-bond acceptors (Lipinski definition) is 2. The van der Waals surface area contributed by atoms with Crippen molar-refractivity contribution >= 4 is 16.8 Å². The Morgan fingerprint density at radius 2 is 2.16 bits per heavy atom. The van der Waals surface area contributed by atoms with E-state index in [-0.39, 0.29) is 11.9 Å². The van der Waals surface area contributed by atoms with Gasteiger partial charge in [0.1, 0.15) is 6.04 Å². The topological polar surface area (TPSA) is 62.1 Å². The Bertz CT molecular complexity index is 629. The van der Waals surface area contributed by atoms with Crippen LogP contribution in [0.15, 0.2) is 24.3 Å². The minimum absolute atomic E-state index is 0.277. The predicted octanol–water partition coefficient (Wildman–Crippen LogP) is 1.96. The van der Waals surface area contributed by atoms with Crippen LogP contribution in [0.3, 0.4) is 0 Å². The van der Waals surface area contributed by atoms with Crippen LogP contribution in [0.2, 0.25) is 0 Å². The van der Waals surface area contributed by atoms with Crippen LogP contribution in [-0.2, 0) is 11.2 Å². The number of benzene rings is 1. The maximum absolute atomic E-state index is 11.9. The predicted molar refractivity (Wildman–Crippen MR) is 75.8 cm³/mol. The second-order valence-electron chi connectivity index (χ2n) is 5.45. The van der Waals surface area contributed by atoms with Gasteiger partial charge in [-0.3, -0.25) is 9.69 Å². The number of aromatic amines is 1. The molecule has 3 N–H and O–H groups in total. The number of aromatic nitrogens is 1. The molecule has 0 bridgehead atoms. The average Bonchev–Trinajstić information content (AvgIpc) is 2.75. The molecule has 19 heavy (non-hydrogen) atoms. The lowest BCUT2D eigenvalue weighted by atomic mass is 9.95. The number of amides is 1. The van der Waals surface area contributed by atoms with Crippen LogP contribution in [0.5, 0.6) is 0 Å². The molecular weight excluding hydrogens is 238 g/mol. The van der Waals surface area contributed by atoms with Gasteiger partial charge in [-0.15, -0.1) is 0 Å². The summed E-state index contributed by atoms with van der Waals surface area (Å²) in [7, 11) is 0. The van der Waals surface area contributed by atoms with E-state index in [1.165, 1.54) is 10.9 Å². The fourth-order valence-electron chi connectivity index (χ4n) is 3.12. The van der Waals surface area contributed by atoms with Crippen LogP contribution in [-0.4, -0.2) is 28.4 Å². The van der Waals surface area contributed by atoms with Crippen molar-refractivity contribution in [3.63, 3.8) is 0 Å². The van der Waals surface area contributed by atoms with Crippen LogP contribution < -0.4 is 5.73 Å². The summed E-state index contributed by atoms with van der Waals surface area (Å²) in [5, 5.41) is 1.21. The fraction of sp³-hybridized carbons (Fsp3) is 0.400. The van der Waals surface area contributed by atoms with Gasteiger partial charge in [-0.1, -0.05) is 18.2 Å². The van der Waals surface area contributed by atoms with Gasteiger partial charge in [0.05, 0.1) is 0 Å². The molecule has 0 spiro atoms. The van der Waals surface area contributed by atoms with Gasteiger partial charge >= 0.3 is 0 Å². The second-order valence-corrected chi connectivity index (χ2v) is 5.45. The van der Waals surface area contributed by atoms with Gasteiger partial charge in [-0.25, -0.2) is 0 Å². The zero-order valence-electron chi connectivity index (χ0n) is 11.3. The second kappa shape index (κ2) is 4.38. The van der Waals surface area contributed by atoms with Crippen molar-refractivity contribution in [2.75, 3.05) is 6.54 Å². The average molecular weight is 257 g/mol. The van der Waals surface area contributed by atoms with E-state index in [9.17, 15) is 4.79 Å². The summed E-state index contributed by atoms with van der Waals surface area (Å²) in [6.07, 6.45) is 0.960. The Labute approximate surface area is 112 Å². The molecule has 2 aromatic rings. The maximum Gasteiger partial charge on any atom is 0.240 e. The van der Waals surface area contributed by atoms with E-state index in [4.69, 9.17) is 5.73 Å². The third-order valence-electron chi connectivity index (χ3n) is 4.00.